The van der Waals surface area contributed by atoms with Crippen molar-refractivity contribution in [1.82, 2.24) is 4.90 Å². The summed E-state index contributed by atoms with van der Waals surface area (Å²) in [6.07, 6.45) is -0.214. The largest absolute Gasteiger partial charge is 0.447 e. The van der Waals surface area contributed by atoms with Gasteiger partial charge in [0.15, 0.2) is 0 Å². The molecule has 82 valence electrons. The Hall–Kier alpha value is -1.79. The fraction of sp³-hybridized carbons (Fsp3) is 0.667. The molecule has 0 aromatic heterocycles. The predicted octanol–water partition coefficient (Wildman–Crippen LogP) is 0.245. The summed E-state index contributed by atoms with van der Waals surface area (Å²) in [6.45, 7) is 0.162. The molecule has 6 heteroatoms. The van der Waals surface area contributed by atoms with Gasteiger partial charge in [-0.3, -0.25) is 0 Å². The first kappa shape index (κ1) is 13.2. The van der Waals surface area contributed by atoms with Crippen molar-refractivity contribution in [3.63, 3.8) is 0 Å². The molecule has 0 radical (unpaired) electrons. The van der Waals surface area contributed by atoms with Crippen molar-refractivity contribution >= 4 is 6.09 Å². The average molecular weight is 211 g/mol. The van der Waals surface area contributed by atoms with Crippen LogP contribution < -0.4 is 0 Å². The van der Waals surface area contributed by atoms with Crippen molar-refractivity contribution < 1.29 is 14.6 Å². The molecule has 1 N–H and O–H groups in total. The molecule has 0 aromatic carbocycles. The Morgan fingerprint density at radius 1 is 1.27 bits per heavy atom. The van der Waals surface area contributed by atoms with Crippen LogP contribution in [0.4, 0.5) is 4.79 Å². The van der Waals surface area contributed by atoms with Crippen LogP contribution in [0.2, 0.25) is 0 Å². The van der Waals surface area contributed by atoms with Crippen LogP contribution in [0.1, 0.15) is 12.8 Å². The molecule has 0 aliphatic carbocycles. The normalized spacial score (nSPS) is 8.73. The van der Waals surface area contributed by atoms with Crippen LogP contribution in [-0.4, -0.2) is 42.4 Å². The van der Waals surface area contributed by atoms with Gasteiger partial charge >= 0.3 is 6.09 Å². The van der Waals surface area contributed by atoms with E-state index in [0.29, 0.717) is 0 Å². The zero-order valence-electron chi connectivity index (χ0n) is 8.35. The highest BCUT2D eigenvalue weighted by Crippen LogP contribution is 1.97. The number of hydrogen-bond acceptors (Lipinski definition) is 5. The molecule has 0 fully saturated rings. The van der Waals surface area contributed by atoms with Gasteiger partial charge < -0.3 is 14.7 Å². The Morgan fingerprint density at radius 2 is 1.80 bits per heavy atom. The molecule has 0 heterocycles. The maximum Gasteiger partial charge on any atom is 0.409 e. The molecule has 0 saturated heterocycles. The first-order chi connectivity index (χ1) is 7.26. The Labute approximate surface area is 88.3 Å². The van der Waals surface area contributed by atoms with Gasteiger partial charge in [0, 0.05) is 13.1 Å². The molecule has 0 unspecified atom stereocenters. The van der Waals surface area contributed by atoms with E-state index in [9.17, 15) is 4.79 Å². The van der Waals surface area contributed by atoms with Crippen molar-refractivity contribution in [2.24, 2.45) is 0 Å². The second kappa shape index (κ2) is 8.79. The molecule has 0 rings (SSSR count). The summed E-state index contributed by atoms with van der Waals surface area (Å²) in [5, 5.41) is 25.2. The number of hydrogen-bond donors (Lipinski definition) is 1. The predicted molar refractivity (Wildman–Crippen MR) is 50.5 cm³/mol. The third-order valence-corrected chi connectivity index (χ3v) is 1.56. The fourth-order valence-corrected chi connectivity index (χ4v) is 0.889. The van der Waals surface area contributed by atoms with Crippen molar-refractivity contribution in [2.45, 2.75) is 12.8 Å². The second-order valence-electron chi connectivity index (χ2n) is 2.64. The lowest BCUT2D eigenvalue weighted by atomic mass is 10.4. The third kappa shape index (κ3) is 6.30. The van der Waals surface area contributed by atoms with Crippen LogP contribution in [0.15, 0.2) is 0 Å². The van der Waals surface area contributed by atoms with Gasteiger partial charge in [-0.25, -0.2) is 4.79 Å². The number of nitrogens with zero attached hydrogens (tertiary/aromatic N) is 3. The number of aliphatic hydroxyl groups is 1. The number of amides is 1. The molecule has 6 nitrogen and oxygen atoms in total. The molecule has 15 heavy (non-hydrogen) atoms. The maximum atomic E-state index is 11.3. The molecule has 0 spiro atoms. The number of nitriles is 2. The van der Waals surface area contributed by atoms with Crippen LogP contribution in [0.25, 0.3) is 0 Å². The SMILES string of the molecule is N#CCCN(CCC#N)C(=O)OCCO. The highest BCUT2D eigenvalue weighted by Gasteiger charge is 2.13. The first-order valence-electron chi connectivity index (χ1n) is 4.52. The first-order valence-corrected chi connectivity index (χ1v) is 4.52. The van der Waals surface area contributed by atoms with Crippen LogP contribution in [0.5, 0.6) is 0 Å². The summed E-state index contributed by atoms with van der Waals surface area (Å²) in [7, 11) is 0. The minimum absolute atomic E-state index is 0.0750. The van der Waals surface area contributed by atoms with E-state index in [0.717, 1.165) is 0 Å². The van der Waals surface area contributed by atoms with Crippen LogP contribution in [0.3, 0.4) is 0 Å². The maximum absolute atomic E-state index is 11.3. The molecule has 0 saturated carbocycles. The van der Waals surface area contributed by atoms with Gasteiger partial charge in [-0.05, 0) is 0 Å². The molecule has 0 atom stereocenters. The van der Waals surface area contributed by atoms with Crippen molar-refractivity contribution in [2.75, 3.05) is 26.3 Å². The van der Waals surface area contributed by atoms with Gasteiger partial charge in [-0.15, -0.1) is 0 Å². The van der Waals surface area contributed by atoms with E-state index in [2.05, 4.69) is 4.74 Å². The van der Waals surface area contributed by atoms with Crippen LogP contribution in [-0.2, 0) is 4.74 Å². The molecule has 1 amide bonds. The van der Waals surface area contributed by atoms with E-state index in [1.54, 1.807) is 0 Å². The summed E-state index contributed by atoms with van der Waals surface area (Å²) < 4.78 is 4.67. The van der Waals surface area contributed by atoms with E-state index < -0.39 is 6.09 Å². The van der Waals surface area contributed by atoms with E-state index in [-0.39, 0.29) is 39.1 Å². The lowest BCUT2D eigenvalue weighted by Crippen LogP contribution is -2.33. The summed E-state index contributed by atoms with van der Waals surface area (Å²) >= 11 is 0. The van der Waals surface area contributed by atoms with Gasteiger partial charge in [0.2, 0.25) is 0 Å². The lowest BCUT2D eigenvalue weighted by molar-refractivity contribution is 0.0853. The van der Waals surface area contributed by atoms with Gasteiger partial charge in [-0.1, -0.05) is 0 Å². The lowest BCUT2D eigenvalue weighted by Gasteiger charge is -2.19. The second-order valence-corrected chi connectivity index (χ2v) is 2.64. The fourth-order valence-electron chi connectivity index (χ4n) is 0.889. The highest BCUT2D eigenvalue weighted by atomic mass is 16.6. The Kier molecular flexibility index (Phi) is 7.74. The van der Waals surface area contributed by atoms with Crippen LogP contribution >= 0.6 is 0 Å². The Morgan fingerprint density at radius 3 is 2.20 bits per heavy atom. The Bertz CT molecular complexity index is 249. The Balaban J connectivity index is 4.04. The highest BCUT2D eigenvalue weighted by molar-refractivity contribution is 5.67. The molecule has 0 aromatic rings. The summed E-state index contributed by atoms with van der Waals surface area (Å²) in [6, 6.07) is 3.81. The van der Waals surface area contributed by atoms with Crippen molar-refractivity contribution in [1.29, 1.82) is 10.5 Å². The zero-order valence-corrected chi connectivity index (χ0v) is 8.35. The van der Waals surface area contributed by atoms with E-state index in [1.807, 2.05) is 12.1 Å². The smallest absolute Gasteiger partial charge is 0.409 e. The van der Waals surface area contributed by atoms with E-state index in [1.165, 1.54) is 4.90 Å². The zero-order chi connectivity index (χ0) is 11.5. The van der Waals surface area contributed by atoms with Crippen molar-refractivity contribution in [3.05, 3.63) is 0 Å². The average Bonchev–Trinajstić information content (AvgIpc) is 2.26. The number of carbonyl (C=O) groups is 1. The standard InChI is InChI=1S/C9H13N3O3/c10-3-1-5-12(6-2-4-11)9(14)15-8-7-13/h13H,1-2,5-8H2. The minimum atomic E-state index is -0.602. The molecular formula is C9H13N3O3. The molecular weight excluding hydrogens is 198 g/mol. The van der Waals surface area contributed by atoms with Gasteiger partial charge in [0.05, 0.1) is 31.6 Å². The quantitative estimate of drug-likeness (QED) is 0.678. The van der Waals surface area contributed by atoms with Gasteiger partial charge in [0.25, 0.3) is 0 Å². The topological polar surface area (TPSA) is 97.4 Å². The summed E-state index contributed by atoms with van der Waals surface area (Å²) in [4.78, 5) is 12.6. The van der Waals surface area contributed by atoms with Gasteiger partial charge in [0.1, 0.15) is 6.61 Å². The third-order valence-electron chi connectivity index (χ3n) is 1.56. The summed E-state index contributed by atoms with van der Waals surface area (Å²) in [5.41, 5.74) is 0. The van der Waals surface area contributed by atoms with Crippen LogP contribution in [0, 0.1) is 22.7 Å². The molecule has 0 aliphatic rings. The number of ether oxygens (including phenoxy) is 1. The summed E-state index contributed by atoms with van der Waals surface area (Å²) in [5.74, 6) is 0. The van der Waals surface area contributed by atoms with Crippen molar-refractivity contribution in [3.8, 4) is 12.1 Å². The molecule has 0 aliphatic heterocycles. The molecule has 0 bridgehead atoms. The minimum Gasteiger partial charge on any atom is -0.447 e. The number of carbonyl (C=O) groups excluding carboxylic acids is 1. The van der Waals surface area contributed by atoms with E-state index >= 15 is 0 Å². The number of rotatable bonds is 6. The van der Waals surface area contributed by atoms with Gasteiger partial charge in [-0.2, -0.15) is 10.5 Å². The monoisotopic (exact) mass is 211 g/mol. The van der Waals surface area contributed by atoms with E-state index in [4.69, 9.17) is 15.6 Å². The number of aliphatic hydroxyl groups excluding tert-OH is 1.